The van der Waals surface area contributed by atoms with E-state index in [1.807, 2.05) is 31.2 Å². The summed E-state index contributed by atoms with van der Waals surface area (Å²) in [5.74, 6) is 0.893. The van der Waals surface area contributed by atoms with Crippen LogP contribution in [0.25, 0.3) is 11.4 Å². The molecule has 0 fully saturated rings. The van der Waals surface area contributed by atoms with Gasteiger partial charge in [-0.2, -0.15) is 18.2 Å². The van der Waals surface area contributed by atoms with Crippen molar-refractivity contribution in [2.45, 2.75) is 26.6 Å². The van der Waals surface area contributed by atoms with Crippen LogP contribution < -0.4 is 10.1 Å². The Balaban J connectivity index is 1.71. The second-order valence-corrected chi connectivity index (χ2v) is 6.08. The van der Waals surface area contributed by atoms with Crippen molar-refractivity contribution in [3.05, 3.63) is 59.5 Å². The van der Waals surface area contributed by atoms with Crippen molar-refractivity contribution >= 4 is 5.69 Å². The Morgan fingerprint density at radius 1 is 1.11 bits per heavy atom. The van der Waals surface area contributed by atoms with Gasteiger partial charge < -0.3 is 14.6 Å². The molecule has 8 heteroatoms. The SMILES string of the molecule is Cc1ccc(NCc2nc(-c3ccccc3C)no2)c(OCC(F)(F)F)c1. The van der Waals surface area contributed by atoms with Crippen molar-refractivity contribution in [1.29, 1.82) is 0 Å². The molecule has 0 aliphatic rings. The number of ether oxygens (including phenoxy) is 1. The number of alkyl halides is 3. The number of hydrogen-bond acceptors (Lipinski definition) is 5. The highest BCUT2D eigenvalue weighted by molar-refractivity contribution is 5.59. The van der Waals surface area contributed by atoms with Gasteiger partial charge in [-0.1, -0.05) is 35.5 Å². The van der Waals surface area contributed by atoms with Crippen LogP contribution in [0.5, 0.6) is 5.75 Å². The Hall–Kier alpha value is -3.03. The maximum Gasteiger partial charge on any atom is 0.422 e. The first-order valence-electron chi connectivity index (χ1n) is 8.24. The van der Waals surface area contributed by atoms with E-state index < -0.39 is 12.8 Å². The van der Waals surface area contributed by atoms with E-state index in [-0.39, 0.29) is 12.3 Å². The number of anilines is 1. The molecule has 3 aromatic rings. The van der Waals surface area contributed by atoms with Crippen molar-refractivity contribution in [2.75, 3.05) is 11.9 Å². The lowest BCUT2D eigenvalue weighted by molar-refractivity contribution is -0.153. The van der Waals surface area contributed by atoms with E-state index in [1.165, 1.54) is 0 Å². The molecule has 0 saturated heterocycles. The normalized spacial score (nSPS) is 11.4. The summed E-state index contributed by atoms with van der Waals surface area (Å²) >= 11 is 0. The van der Waals surface area contributed by atoms with Gasteiger partial charge >= 0.3 is 6.18 Å². The molecule has 2 aromatic carbocycles. The van der Waals surface area contributed by atoms with E-state index in [0.717, 1.165) is 16.7 Å². The van der Waals surface area contributed by atoms with Gasteiger partial charge in [-0.25, -0.2) is 0 Å². The summed E-state index contributed by atoms with van der Waals surface area (Å²) in [5, 5.41) is 6.94. The van der Waals surface area contributed by atoms with Gasteiger partial charge in [-0.15, -0.1) is 0 Å². The number of nitrogens with one attached hydrogen (secondary N) is 1. The molecule has 0 aliphatic heterocycles. The fourth-order valence-corrected chi connectivity index (χ4v) is 2.49. The summed E-state index contributed by atoms with van der Waals surface area (Å²) in [6, 6.07) is 12.6. The minimum atomic E-state index is -4.41. The lowest BCUT2D eigenvalue weighted by atomic mass is 10.1. The minimum Gasteiger partial charge on any atom is -0.482 e. The van der Waals surface area contributed by atoms with Crippen LogP contribution in [-0.2, 0) is 6.54 Å². The molecule has 1 aromatic heterocycles. The number of benzene rings is 2. The van der Waals surface area contributed by atoms with Gasteiger partial charge in [0, 0.05) is 5.56 Å². The van der Waals surface area contributed by atoms with Crippen LogP contribution in [0.2, 0.25) is 0 Å². The summed E-state index contributed by atoms with van der Waals surface area (Å²) in [6.45, 7) is 2.52. The lowest BCUT2D eigenvalue weighted by Gasteiger charge is -2.14. The van der Waals surface area contributed by atoms with Gasteiger partial charge in [0.15, 0.2) is 6.61 Å². The summed E-state index contributed by atoms with van der Waals surface area (Å²) in [7, 11) is 0. The molecule has 1 N–H and O–H groups in total. The Morgan fingerprint density at radius 2 is 1.89 bits per heavy atom. The molecule has 0 radical (unpaired) electrons. The first-order chi connectivity index (χ1) is 12.8. The highest BCUT2D eigenvalue weighted by atomic mass is 19.4. The van der Waals surface area contributed by atoms with Crippen molar-refractivity contribution in [3.8, 4) is 17.1 Å². The second-order valence-electron chi connectivity index (χ2n) is 6.08. The lowest BCUT2D eigenvalue weighted by Crippen LogP contribution is -2.19. The van der Waals surface area contributed by atoms with Crippen LogP contribution in [0.3, 0.4) is 0 Å². The highest BCUT2D eigenvalue weighted by Crippen LogP contribution is 2.28. The summed E-state index contributed by atoms with van der Waals surface area (Å²) in [5.41, 5.74) is 3.08. The largest absolute Gasteiger partial charge is 0.482 e. The number of aromatic nitrogens is 2. The van der Waals surface area contributed by atoms with Crippen molar-refractivity contribution in [1.82, 2.24) is 10.1 Å². The van der Waals surface area contributed by atoms with E-state index in [2.05, 4.69) is 15.5 Å². The zero-order chi connectivity index (χ0) is 19.4. The van der Waals surface area contributed by atoms with Crippen LogP contribution in [0.1, 0.15) is 17.0 Å². The molecule has 0 unspecified atom stereocenters. The van der Waals surface area contributed by atoms with E-state index in [1.54, 1.807) is 25.1 Å². The Kier molecular flexibility index (Phi) is 5.34. The van der Waals surface area contributed by atoms with Crippen LogP contribution in [0, 0.1) is 13.8 Å². The fourth-order valence-electron chi connectivity index (χ4n) is 2.49. The first-order valence-corrected chi connectivity index (χ1v) is 8.24. The van der Waals surface area contributed by atoms with Crippen molar-refractivity contribution < 1.29 is 22.4 Å². The molecular weight excluding hydrogens is 359 g/mol. The monoisotopic (exact) mass is 377 g/mol. The van der Waals surface area contributed by atoms with Crippen LogP contribution in [-0.4, -0.2) is 22.9 Å². The average molecular weight is 377 g/mol. The number of rotatable bonds is 6. The first kappa shape index (κ1) is 18.8. The summed E-state index contributed by atoms with van der Waals surface area (Å²) in [6.07, 6.45) is -4.41. The molecule has 27 heavy (non-hydrogen) atoms. The third-order valence-corrected chi connectivity index (χ3v) is 3.81. The predicted octanol–water partition coefficient (Wildman–Crippen LogP) is 4.91. The molecule has 3 rings (SSSR count). The third-order valence-electron chi connectivity index (χ3n) is 3.81. The standard InChI is InChI=1S/C19H18F3N3O2/c1-12-7-8-15(16(9-12)26-11-19(20,21)22)23-10-17-24-18(25-27-17)14-6-4-3-5-13(14)2/h3-9,23H,10-11H2,1-2H3. The fraction of sp³-hybridized carbons (Fsp3) is 0.263. The predicted molar refractivity (Wildman–Crippen MR) is 94.5 cm³/mol. The molecular formula is C19H18F3N3O2. The zero-order valence-electron chi connectivity index (χ0n) is 14.8. The highest BCUT2D eigenvalue weighted by Gasteiger charge is 2.28. The van der Waals surface area contributed by atoms with Gasteiger partial charge in [0.1, 0.15) is 5.75 Å². The Bertz CT molecular complexity index is 923. The van der Waals surface area contributed by atoms with Crippen molar-refractivity contribution in [2.24, 2.45) is 0 Å². The molecule has 142 valence electrons. The average Bonchev–Trinajstić information content (AvgIpc) is 3.07. The minimum absolute atomic E-state index is 0.117. The maximum atomic E-state index is 12.4. The smallest absolute Gasteiger partial charge is 0.422 e. The van der Waals surface area contributed by atoms with E-state index in [0.29, 0.717) is 17.4 Å². The quantitative estimate of drug-likeness (QED) is 0.662. The molecule has 0 atom stereocenters. The van der Waals surface area contributed by atoms with E-state index in [9.17, 15) is 13.2 Å². The molecule has 0 amide bonds. The van der Waals surface area contributed by atoms with Crippen LogP contribution in [0.4, 0.5) is 18.9 Å². The second kappa shape index (κ2) is 7.69. The van der Waals surface area contributed by atoms with Gasteiger partial charge in [-0.3, -0.25) is 0 Å². The Morgan fingerprint density at radius 3 is 2.63 bits per heavy atom. The molecule has 5 nitrogen and oxygen atoms in total. The van der Waals surface area contributed by atoms with Gasteiger partial charge in [0.25, 0.3) is 0 Å². The number of hydrogen-bond donors (Lipinski definition) is 1. The van der Waals surface area contributed by atoms with Gasteiger partial charge in [-0.05, 0) is 37.1 Å². The number of nitrogens with zero attached hydrogens (tertiary/aromatic N) is 2. The molecule has 0 aliphatic carbocycles. The van der Waals surface area contributed by atoms with E-state index >= 15 is 0 Å². The third kappa shape index (κ3) is 4.99. The Labute approximate surface area is 154 Å². The van der Waals surface area contributed by atoms with Gasteiger partial charge in [0.05, 0.1) is 12.2 Å². The van der Waals surface area contributed by atoms with E-state index in [4.69, 9.17) is 9.26 Å². The molecule has 0 spiro atoms. The molecule has 0 bridgehead atoms. The van der Waals surface area contributed by atoms with Crippen LogP contribution in [0.15, 0.2) is 47.0 Å². The van der Waals surface area contributed by atoms with Crippen LogP contribution >= 0.6 is 0 Å². The summed E-state index contributed by atoms with van der Waals surface area (Å²) < 4.78 is 47.5. The number of halogens is 3. The number of aryl methyl sites for hydroxylation is 2. The summed E-state index contributed by atoms with van der Waals surface area (Å²) in [4.78, 5) is 4.33. The molecule has 1 heterocycles. The van der Waals surface area contributed by atoms with Crippen molar-refractivity contribution in [3.63, 3.8) is 0 Å². The topological polar surface area (TPSA) is 60.2 Å². The van der Waals surface area contributed by atoms with Gasteiger partial charge in [0.2, 0.25) is 11.7 Å². The zero-order valence-corrected chi connectivity index (χ0v) is 14.8. The molecule has 0 saturated carbocycles. The maximum absolute atomic E-state index is 12.4.